The van der Waals surface area contributed by atoms with Crippen molar-refractivity contribution in [2.24, 2.45) is 5.92 Å². The van der Waals surface area contributed by atoms with E-state index in [-0.39, 0.29) is 19.1 Å². The van der Waals surface area contributed by atoms with E-state index < -0.39 is 18.1 Å². The summed E-state index contributed by atoms with van der Waals surface area (Å²) in [6.07, 6.45) is 2.95. The van der Waals surface area contributed by atoms with Crippen molar-refractivity contribution in [3.63, 3.8) is 0 Å². The fraction of sp³-hybridized carbons (Fsp3) is 0.304. The number of hydrogen-bond acceptors (Lipinski definition) is 6. The maximum atomic E-state index is 12.6. The lowest BCUT2D eigenvalue weighted by Gasteiger charge is -2.25. The second kappa shape index (κ2) is 13.5. The Morgan fingerprint density at radius 3 is 2.44 bits per heavy atom. The molecule has 32 heavy (non-hydrogen) atoms. The van der Waals surface area contributed by atoms with Crippen molar-refractivity contribution in [2.45, 2.75) is 25.9 Å². The number of benzene rings is 2. The Morgan fingerprint density at radius 2 is 1.81 bits per heavy atom. The van der Waals surface area contributed by atoms with Gasteiger partial charge in [-0.25, -0.2) is 10.3 Å². The maximum absolute atomic E-state index is 12.6. The van der Waals surface area contributed by atoms with Crippen LogP contribution in [0, 0.1) is 5.92 Å². The number of hydrogen-bond donors (Lipinski definition) is 4. The minimum absolute atomic E-state index is 0.0725. The first-order chi connectivity index (χ1) is 15.4. The molecule has 2 amide bonds. The third-order valence-electron chi connectivity index (χ3n) is 4.58. The number of halogens is 1. The minimum atomic E-state index is -0.599. The molecule has 2 aromatic carbocycles. The molecule has 0 bridgehead atoms. The maximum Gasteiger partial charge on any atom is 0.412 e. The van der Waals surface area contributed by atoms with E-state index in [1.807, 2.05) is 31.2 Å². The lowest BCUT2D eigenvalue weighted by atomic mass is 9.93. The molecule has 0 aliphatic rings. The molecule has 0 aliphatic heterocycles. The number of rotatable bonds is 11. The summed E-state index contributed by atoms with van der Waals surface area (Å²) in [4.78, 5) is 23.7. The van der Waals surface area contributed by atoms with Gasteiger partial charge in [-0.3, -0.25) is 15.3 Å². The van der Waals surface area contributed by atoms with Gasteiger partial charge in [0.1, 0.15) is 18.5 Å². The van der Waals surface area contributed by atoms with E-state index in [9.17, 15) is 9.59 Å². The van der Waals surface area contributed by atoms with Gasteiger partial charge in [-0.15, -0.1) is 0 Å². The molecule has 2 atom stereocenters. The Kier molecular flexibility index (Phi) is 10.7. The molecule has 0 heterocycles. The van der Waals surface area contributed by atoms with Crippen LogP contribution in [0.5, 0.6) is 5.75 Å². The summed E-state index contributed by atoms with van der Waals surface area (Å²) in [5.74, 6) is -0.0685. The highest BCUT2D eigenvalue weighted by molar-refractivity contribution is 9.10. The minimum Gasteiger partial charge on any atom is -0.491 e. The zero-order chi connectivity index (χ0) is 23.3. The fourth-order valence-electron chi connectivity index (χ4n) is 2.96. The van der Waals surface area contributed by atoms with Crippen LogP contribution < -0.4 is 15.5 Å². The number of amides is 2. The molecule has 0 aliphatic carbocycles. The molecule has 0 unspecified atom stereocenters. The molecule has 0 fully saturated rings. The topological polar surface area (TPSA) is 117 Å². The third-order valence-corrected chi connectivity index (χ3v) is 5.11. The van der Waals surface area contributed by atoms with Crippen LogP contribution in [0.1, 0.15) is 31.4 Å². The summed E-state index contributed by atoms with van der Waals surface area (Å²) in [5.41, 5.74) is 2.94. The SMILES string of the molecule is C[C@@H](CC/C=C/C(=O)NO)[C@H](OC(=O)Nc1ccc(Br)cc1)c1ccc(OCCO)cc1. The molecule has 8 nitrogen and oxygen atoms in total. The van der Waals surface area contributed by atoms with Crippen molar-refractivity contribution >= 4 is 33.6 Å². The van der Waals surface area contributed by atoms with E-state index in [1.165, 1.54) is 6.08 Å². The highest BCUT2D eigenvalue weighted by Crippen LogP contribution is 2.31. The van der Waals surface area contributed by atoms with Crippen LogP contribution in [0.4, 0.5) is 10.5 Å². The standard InChI is InChI=1S/C23H27BrN2O6/c1-16(4-2-3-5-21(28)26-30)22(17-6-12-20(13-7-17)31-15-14-27)32-23(29)25-19-10-8-18(24)9-11-19/h3,5-13,16,22,27,30H,2,4,14-15H2,1H3,(H,25,29)(H,26,28)/b5-3+/t16-,22-/m0/s1. The lowest BCUT2D eigenvalue weighted by Crippen LogP contribution is -2.22. The summed E-state index contributed by atoms with van der Waals surface area (Å²) in [6.45, 7) is 2.06. The predicted octanol–water partition coefficient (Wildman–Crippen LogP) is 4.59. The van der Waals surface area contributed by atoms with E-state index in [2.05, 4.69) is 21.2 Å². The van der Waals surface area contributed by atoms with Gasteiger partial charge >= 0.3 is 6.09 Å². The number of allylic oxidation sites excluding steroid dienone is 1. The molecule has 4 N–H and O–H groups in total. The Hall–Kier alpha value is -2.88. The second-order valence-electron chi connectivity index (χ2n) is 7.03. The first kappa shape index (κ1) is 25.4. The Bertz CT molecular complexity index is 886. The predicted molar refractivity (Wildman–Crippen MR) is 123 cm³/mol. The molecule has 0 spiro atoms. The fourth-order valence-corrected chi connectivity index (χ4v) is 3.23. The van der Waals surface area contributed by atoms with Gasteiger partial charge in [0.05, 0.1) is 6.61 Å². The van der Waals surface area contributed by atoms with Crippen molar-refractivity contribution in [1.82, 2.24) is 5.48 Å². The number of hydroxylamine groups is 1. The van der Waals surface area contributed by atoms with E-state index >= 15 is 0 Å². The summed E-state index contributed by atoms with van der Waals surface area (Å²) in [7, 11) is 0. The highest BCUT2D eigenvalue weighted by atomic mass is 79.9. The van der Waals surface area contributed by atoms with E-state index in [4.69, 9.17) is 19.8 Å². The van der Waals surface area contributed by atoms with Crippen molar-refractivity contribution < 1.29 is 29.4 Å². The number of anilines is 1. The number of carbonyl (C=O) groups is 2. The highest BCUT2D eigenvalue weighted by Gasteiger charge is 2.23. The second-order valence-corrected chi connectivity index (χ2v) is 7.95. The third kappa shape index (κ3) is 8.70. The van der Waals surface area contributed by atoms with Gasteiger partial charge in [0.25, 0.3) is 5.91 Å². The summed E-state index contributed by atoms with van der Waals surface area (Å²) < 4.78 is 12.1. The zero-order valence-electron chi connectivity index (χ0n) is 17.7. The number of nitrogens with one attached hydrogen (secondary N) is 2. The van der Waals surface area contributed by atoms with Crippen LogP contribution in [0.2, 0.25) is 0 Å². The Morgan fingerprint density at radius 1 is 1.12 bits per heavy atom. The average Bonchev–Trinajstić information content (AvgIpc) is 2.80. The molecule has 172 valence electrons. The van der Waals surface area contributed by atoms with Gasteiger partial charge < -0.3 is 14.6 Å². The van der Waals surface area contributed by atoms with E-state index in [1.54, 1.807) is 35.8 Å². The van der Waals surface area contributed by atoms with Crippen molar-refractivity contribution in [1.29, 1.82) is 0 Å². The number of ether oxygens (including phenoxy) is 2. The van der Waals surface area contributed by atoms with Crippen LogP contribution in [0.25, 0.3) is 0 Å². The average molecular weight is 507 g/mol. The van der Waals surface area contributed by atoms with Gasteiger partial charge in [-0.2, -0.15) is 0 Å². The van der Waals surface area contributed by atoms with E-state index in [0.29, 0.717) is 24.3 Å². The molecule has 0 radical (unpaired) electrons. The number of carbonyl (C=O) groups excluding carboxylic acids is 2. The number of aliphatic hydroxyl groups excluding tert-OH is 1. The molecule has 2 aromatic rings. The van der Waals surface area contributed by atoms with Crippen molar-refractivity contribution in [2.75, 3.05) is 18.5 Å². The molecule has 9 heteroatoms. The number of aliphatic hydroxyl groups is 1. The lowest BCUT2D eigenvalue weighted by molar-refractivity contribution is -0.124. The molecule has 0 saturated carbocycles. The molecule has 0 saturated heterocycles. The summed E-state index contributed by atoms with van der Waals surface area (Å²) >= 11 is 3.35. The van der Waals surface area contributed by atoms with Gasteiger partial charge in [-0.05, 0) is 60.7 Å². The van der Waals surface area contributed by atoms with Crippen LogP contribution in [0.15, 0.2) is 65.2 Å². The van der Waals surface area contributed by atoms with Crippen molar-refractivity contribution in [3.05, 3.63) is 70.7 Å². The summed E-state index contributed by atoms with van der Waals surface area (Å²) in [5, 5.41) is 20.2. The molecule has 0 aromatic heterocycles. The van der Waals surface area contributed by atoms with Gasteiger partial charge in [-0.1, -0.05) is 41.1 Å². The smallest absolute Gasteiger partial charge is 0.412 e. The van der Waals surface area contributed by atoms with Crippen LogP contribution in [-0.4, -0.2) is 35.5 Å². The van der Waals surface area contributed by atoms with Gasteiger partial charge in [0.15, 0.2) is 0 Å². The summed E-state index contributed by atoms with van der Waals surface area (Å²) in [6, 6.07) is 14.3. The zero-order valence-corrected chi connectivity index (χ0v) is 19.2. The van der Waals surface area contributed by atoms with Crippen LogP contribution in [-0.2, 0) is 9.53 Å². The van der Waals surface area contributed by atoms with Crippen LogP contribution >= 0.6 is 15.9 Å². The largest absolute Gasteiger partial charge is 0.491 e. The van der Waals surface area contributed by atoms with Crippen molar-refractivity contribution in [3.8, 4) is 5.75 Å². The molecular weight excluding hydrogens is 480 g/mol. The Balaban J connectivity index is 2.10. The molecular formula is C23H27BrN2O6. The first-order valence-corrected chi connectivity index (χ1v) is 10.9. The van der Waals surface area contributed by atoms with Gasteiger partial charge in [0.2, 0.25) is 0 Å². The van der Waals surface area contributed by atoms with E-state index in [0.717, 1.165) is 10.0 Å². The quantitative estimate of drug-likeness (QED) is 0.201. The monoisotopic (exact) mass is 506 g/mol. The molecule has 2 rings (SSSR count). The van der Waals surface area contributed by atoms with Gasteiger partial charge in [0, 0.05) is 16.2 Å². The normalized spacial score (nSPS) is 12.8. The van der Waals surface area contributed by atoms with Crippen LogP contribution in [0.3, 0.4) is 0 Å². The Labute approximate surface area is 195 Å². The first-order valence-electron chi connectivity index (χ1n) is 10.1.